The van der Waals surface area contributed by atoms with E-state index in [2.05, 4.69) is 43.0 Å². The van der Waals surface area contributed by atoms with Gasteiger partial charge >= 0.3 is 0 Å². The third-order valence-electron chi connectivity index (χ3n) is 3.93. The number of rotatable bonds is 3. The lowest BCUT2D eigenvalue weighted by molar-refractivity contribution is 0.445. The van der Waals surface area contributed by atoms with Gasteiger partial charge in [-0.05, 0) is 43.0 Å². The van der Waals surface area contributed by atoms with E-state index in [1.54, 1.807) is 6.33 Å². The van der Waals surface area contributed by atoms with Crippen molar-refractivity contribution in [2.24, 2.45) is 5.92 Å². The molecule has 1 fully saturated rings. The highest BCUT2D eigenvalue weighted by Gasteiger charge is 2.21. The van der Waals surface area contributed by atoms with Gasteiger partial charge in [0.1, 0.15) is 12.0 Å². The highest BCUT2D eigenvalue weighted by atomic mass is 79.9. The van der Waals surface area contributed by atoms with E-state index in [4.69, 9.17) is 5.73 Å². The number of nitrogens with zero attached hydrogens (tertiary/aromatic N) is 3. The lowest BCUT2D eigenvalue weighted by atomic mass is 10.0. The van der Waals surface area contributed by atoms with E-state index in [0.717, 1.165) is 29.1 Å². The fraction of sp³-hybridized carbons (Fsp3) is 0.375. The maximum Gasteiger partial charge on any atom is 0.159 e. The monoisotopic (exact) mass is 361 g/mol. The number of anilines is 4. The second-order valence-electron chi connectivity index (χ2n) is 5.78. The Morgan fingerprint density at radius 1 is 1.27 bits per heavy atom. The summed E-state index contributed by atoms with van der Waals surface area (Å²) in [6.07, 6.45) is 4.03. The van der Waals surface area contributed by atoms with E-state index in [1.165, 1.54) is 12.8 Å². The molecule has 0 amide bonds. The number of hydrogen-bond acceptors (Lipinski definition) is 5. The van der Waals surface area contributed by atoms with Gasteiger partial charge in [0.25, 0.3) is 0 Å². The number of nitrogens with one attached hydrogen (secondary N) is 1. The summed E-state index contributed by atoms with van der Waals surface area (Å²) in [4.78, 5) is 10.9. The van der Waals surface area contributed by atoms with Crippen LogP contribution in [-0.4, -0.2) is 23.1 Å². The van der Waals surface area contributed by atoms with E-state index < -0.39 is 0 Å². The van der Waals surface area contributed by atoms with Crippen molar-refractivity contribution in [3.63, 3.8) is 0 Å². The second kappa shape index (κ2) is 6.52. The first kappa shape index (κ1) is 15.1. The van der Waals surface area contributed by atoms with Crippen LogP contribution in [0, 0.1) is 5.92 Å². The van der Waals surface area contributed by atoms with Crippen LogP contribution in [0.15, 0.2) is 35.1 Å². The predicted octanol–water partition coefficient (Wildman–Crippen LogP) is 3.80. The Morgan fingerprint density at radius 2 is 2.05 bits per heavy atom. The van der Waals surface area contributed by atoms with Gasteiger partial charge in [-0.15, -0.1) is 0 Å². The zero-order valence-corrected chi connectivity index (χ0v) is 14.2. The quantitative estimate of drug-likeness (QED) is 0.869. The number of nitrogen functional groups attached to an aromatic ring is 1. The van der Waals surface area contributed by atoms with Crippen molar-refractivity contribution in [2.75, 3.05) is 29.0 Å². The molecule has 3 N–H and O–H groups in total. The van der Waals surface area contributed by atoms with Crippen molar-refractivity contribution in [2.45, 2.75) is 19.8 Å². The molecule has 1 aromatic carbocycles. The molecule has 6 heteroatoms. The molecule has 2 heterocycles. The van der Waals surface area contributed by atoms with Crippen molar-refractivity contribution < 1.29 is 0 Å². The number of benzene rings is 1. The molecule has 1 saturated heterocycles. The predicted molar refractivity (Wildman–Crippen MR) is 94.5 cm³/mol. The number of aromatic nitrogens is 2. The largest absolute Gasteiger partial charge is 0.393 e. The summed E-state index contributed by atoms with van der Waals surface area (Å²) >= 11 is 3.43. The lowest BCUT2D eigenvalue weighted by Gasteiger charge is -2.32. The van der Waals surface area contributed by atoms with E-state index in [9.17, 15) is 0 Å². The molecule has 0 bridgehead atoms. The minimum Gasteiger partial charge on any atom is -0.393 e. The van der Waals surface area contributed by atoms with Crippen molar-refractivity contribution in [3.8, 4) is 0 Å². The van der Waals surface area contributed by atoms with Gasteiger partial charge in [-0.25, -0.2) is 9.97 Å². The summed E-state index contributed by atoms with van der Waals surface area (Å²) in [6, 6.07) is 7.92. The lowest BCUT2D eigenvalue weighted by Crippen LogP contribution is -2.35. The van der Waals surface area contributed by atoms with E-state index in [0.29, 0.717) is 17.4 Å². The van der Waals surface area contributed by atoms with Gasteiger partial charge in [0.2, 0.25) is 0 Å². The number of piperidine rings is 1. The third-order valence-corrected chi connectivity index (χ3v) is 4.46. The fourth-order valence-electron chi connectivity index (χ4n) is 2.79. The Bertz CT molecular complexity index is 643. The minimum atomic E-state index is 0.611. The minimum absolute atomic E-state index is 0.611. The summed E-state index contributed by atoms with van der Waals surface area (Å²) in [5.41, 5.74) is 7.86. The van der Waals surface area contributed by atoms with Gasteiger partial charge in [-0.1, -0.05) is 22.9 Å². The van der Waals surface area contributed by atoms with E-state index in [-0.39, 0.29) is 0 Å². The average molecular weight is 362 g/mol. The molecule has 3 rings (SSSR count). The molecule has 1 aromatic heterocycles. The Kier molecular flexibility index (Phi) is 4.47. The van der Waals surface area contributed by atoms with Crippen molar-refractivity contribution in [1.82, 2.24) is 9.97 Å². The molecule has 5 nitrogen and oxygen atoms in total. The topological polar surface area (TPSA) is 67.1 Å². The standard InChI is InChI=1S/C16H20BrN5/c1-11-3-2-8-22(9-11)16-14(18)15(19-10-20-16)21-13-6-4-12(17)5-7-13/h4-7,10-11H,2-3,8-9,18H2,1H3,(H,19,20,21). The normalized spacial score (nSPS) is 18.3. The Morgan fingerprint density at radius 3 is 2.77 bits per heavy atom. The summed E-state index contributed by atoms with van der Waals surface area (Å²) in [5, 5.41) is 3.27. The van der Waals surface area contributed by atoms with Gasteiger partial charge in [-0.2, -0.15) is 0 Å². The third kappa shape index (κ3) is 3.32. The Labute approximate surface area is 139 Å². The number of nitrogens with two attached hydrogens (primary N) is 1. The highest BCUT2D eigenvalue weighted by Crippen LogP contribution is 2.31. The zero-order chi connectivity index (χ0) is 15.5. The van der Waals surface area contributed by atoms with Gasteiger partial charge in [0.15, 0.2) is 11.6 Å². The van der Waals surface area contributed by atoms with Crippen LogP contribution in [0.1, 0.15) is 19.8 Å². The van der Waals surface area contributed by atoms with Crippen molar-refractivity contribution in [3.05, 3.63) is 35.1 Å². The first-order valence-corrected chi connectivity index (χ1v) is 8.31. The van der Waals surface area contributed by atoms with Crippen LogP contribution in [0.3, 0.4) is 0 Å². The van der Waals surface area contributed by atoms with Gasteiger partial charge in [0.05, 0.1) is 0 Å². The van der Waals surface area contributed by atoms with Gasteiger partial charge in [0, 0.05) is 23.2 Å². The molecule has 1 aliphatic rings. The first-order chi connectivity index (χ1) is 10.6. The SMILES string of the molecule is CC1CCCN(c2ncnc(Nc3ccc(Br)cc3)c2N)C1. The molecule has 22 heavy (non-hydrogen) atoms. The van der Waals surface area contributed by atoms with E-state index in [1.807, 2.05) is 24.3 Å². The second-order valence-corrected chi connectivity index (χ2v) is 6.70. The molecule has 0 radical (unpaired) electrons. The first-order valence-electron chi connectivity index (χ1n) is 7.51. The maximum atomic E-state index is 6.30. The highest BCUT2D eigenvalue weighted by molar-refractivity contribution is 9.10. The maximum absolute atomic E-state index is 6.30. The number of halogens is 1. The molecule has 2 aromatic rings. The summed E-state index contributed by atoms with van der Waals surface area (Å²) in [5.74, 6) is 2.16. The molecule has 1 atom stereocenters. The van der Waals surface area contributed by atoms with Crippen LogP contribution in [-0.2, 0) is 0 Å². The average Bonchev–Trinajstić information content (AvgIpc) is 2.51. The molecular weight excluding hydrogens is 342 g/mol. The zero-order valence-electron chi connectivity index (χ0n) is 12.6. The molecule has 0 aliphatic carbocycles. The van der Waals surface area contributed by atoms with Crippen LogP contribution in [0.4, 0.5) is 23.0 Å². The Balaban J connectivity index is 1.83. The molecule has 0 saturated carbocycles. The molecule has 0 spiro atoms. The molecule has 116 valence electrons. The van der Waals surface area contributed by atoms with Crippen LogP contribution in [0.5, 0.6) is 0 Å². The van der Waals surface area contributed by atoms with Crippen LogP contribution in [0.2, 0.25) is 0 Å². The number of hydrogen-bond donors (Lipinski definition) is 2. The molecule has 1 aliphatic heterocycles. The molecule has 1 unspecified atom stereocenters. The van der Waals surface area contributed by atoms with Gasteiger partial charge < -0.3 is 16.0 Å². The summed E-state index contributed by atoms with van der Waals surface area (Å²) in [7, 11) is 0. The summed E-state index contributed by atoms with van der Waals surface area (Å²) < 4.78 is 1.04. The van der Waals surface area contributed by atoms with Crippen molar-refractivity contribution >= 4 is 38.9 Å². The fourth-order valence-corrected chi connectivity index (χ4v) is 3.05. The summed E-state index contributed by atoms with van der Waals surface area (Å²) in [6.45, 7) is 4.27. The van der Waals surface area contributed by atoms with Crippen LogP contribution in [0.25, 0.3) is 0 Å². The van der Waals surface area contributed by atoms with Crippen LogP contribution >= 0.6 is 15.9 Å². The van der Waals surface area contributed by atoms with E-state index >= 15 is 0 Å². The van der Waals surface area contributed by atoms with Crippen LogP contribution < -0.4 is 16.0 Å². The van der Waals surface area contributed by atoms with Crippen molar-refractivity contribution in [1.29, 1.82) is 0 Å². The Hall–Kier alpha value is -1.82. The van der Waals surface area contributed by atoms with Gasteiger partial charge in [-0.3, -0.25) is 0 Å². The molecular formula is C16H20BrN5. The smallest absolute Gasteiger partial charge is 0.159 e.